The van der Waals surface area contributed by atoms with Crippen LogP contribution in [0.3, 0.4) is 0 Å². The lowest BCUT2D eigenvalue weighted by Gasteiger charge is -2.30. The van der Waals surface area contributed by atoms with Crippen LogP contribution in [0.5, 0.6) is 11.5 Å². The maximum Gasteiger partial charge on any atom is 0.251 e. The van der Waals surface area contributed by atoms with Crippen molar-refractivity contribution in [1.29, 1.82) is 0 Å². The van der Waals surface area contributed by atoms with Gasteiger partial charge in [-0.15, -0.1) is 0 Å². The molecule has 1 aromatic rings. The van der Waals surface area contributed by atoms with Crippen LogP contribution in [0.1, 0.15) is 25.3 Å². The zero-order chi connectivity index (χ0) is 15.7. The Morgan fingerprint density at radius 1 is 1.50 bits per heavy atom. The molecule has 1 atom stereocenters. The van der Waals surface area contributed by atoms with Crippen molar-refractivity contribution in [3.05, 3.63) is 29.3 Å². The van der Waals surface area contributed by atoms with Gasteiger partial charge in [0.2, 0.25) is 0 Å². The molecule has 1 aromatic carbocycles. The molecule has 0 spiro atoms. The first-order chi connectivity index (χ1) is 10.6. The van der Waals surface area contributed by atoms with E-state index in [1.54, 1.807) is 7.11 Å². The van der Waals surface area contributed by atoms with E-state index < -0.39 is 0 Å². The van der Waals surface area contributed by atoms with Crippen molar-refractivity contribution >= 4 is 12.0 Å². The van der Waals surface area contributed by atoms with Crippen molar-refractivity contribution < 1.29 is 14.3 Å². The van der Waals surface area contributed by atoms with Gasteiger partial charge in [-0.1, -0.05) is 12.1 Å². The van der Waals surface area contributed by atoms with E-state index in [9.17, 15) is 4.79 Å². The first-order valence-electron chi connectivity index (χ1n) is 7.60. The van der Waals surface area contributed by atoms with Gasteiger partial charge < -0.3 is 20.5 Å². The fraction of sp³-hybridized carbons (Fsp3) is 0.471. The number of hydrogen-bond acceptors (Lipinski definition) is 4. The fourth-order valence-electron chi connectivity index (χ4n) is 2.85. The zero-order valence-electron chi connectivity index (χ0n) is 13.0. The first-order valence-corrected chi connectivity index (χ1v) is 7.60. The number of nitrogens with one attached hydrogen (secondary N) is 1. The lowest BCUT2D eigenvalue weighted by molar-refractivity contribution is -0.119. The van der Waals surface area contributed by atoms with Crippen LogP contribution in [-0.4, -0.2) is 31.7 Å². The summed E-state index contributed by atoms with van der Waals surface area (Å²) in [7, 11) is 1.60. The molecule has 0 radical (unpaired) electrons. The first kappa shape index (κ1) is 14.9. The number of amides is 1. The highest BCUT2D eigenvalue weighted by molar-refractivity contribution is 5.99. The topological polar surface area (TPSA) is 73.6 Å². The molecule has 1 amide bonds. The molecule has 1 saturated carbocycles. The Kier molecular flexibility index (Phi) is 3.83. The number of rotatable bonds is 5. The van der Waals surface area contributed by atoms with Gasteiger partial charge in [0, 0.05) is 12.1 Å². The van der Waals surface area contributed by atoms with Crippen molar-refractivity contribution in [2.24, 2.45) is 11.7 Å². The molecule has 1 unspecified atom stereocenters. The molecule has 0 bridgehead atoms. The summed E-state index contributed by atoms with van der Waals surface area (Å²) in [6, 6.07) is 5.64. The normalized spacial score (nSPS) is 19.3. The van der Waals surface area contributed by atoms with E-state index in [1.165, 1.54) is 0 Å². The van der Waals surface area contributed by atoms with Gasteiger partial charge in [-0.3, -0.25) is 4.79 Å². The number of nitrogens with two attached hydrogens (primary N) is 1. The van der Waals surface area contributed by atoms with Gasteiger partial charge >= 0.3 is 0 Å². The Hall–Kier alpha value is -2.01. The quantitative estimate of drug-likeness (QED) is 0.868. The predicted octanol–water partition coefficient (Wildman–Crippen LogP) is 1.71. The molecule has 0 aromatic heterocycles. The van der Waals surface area contributed by atoms with Gasteiger partial charge in [-0.25, -0.2) is 0 Å². The van der Waals surface area contributed by atoms with E-state index >= 15 is 0 Å². The van der Waals surface area contributed by atoms with Crippen LogP contribution in [0.2, 0.25) is 0 Å². The Balaban J connectivity index is 1.80. The van der Waals surface area contributed by atoms with E-state index in [2.05, 4.69) is 5.32 Å². The number of ether oxygens (including phenoxy) is 2. The van der Waals surface area contributed by atoms with Crippen LogP contribution in [0.4, 0.5) is 0 Å². The summed E-state index contributed by atoms with van der Waals surface area (Å²) in [4.78, 5) is 12.5. The fourth-order valence-corrected chi connectivity index (χ4v) is 2.85. The lowest BCUT2D eigenvalue weighted by Crippen LogP contribution is -2.53. The summed E-state index contributed by atoms with van der Waals surface area (Å²) in [5, 5.41) is 3.09. The van der Waals surface area contributed by atoms with Gasteiger partial charge in [-0.05, 0) is 37.8 Å². The molecule has 5 nitrogen and oxygen atoms in total. The maximum absolute atomic E-state index is 12.5. The van der Waals surface area contributed by atoms with Gasteiger partial charge in [0.25, 0.3) is 5.91 Å². The molecule has 118 valence electrons. The molecule has 1 aliphatic heterocycles. The Morgan fingerprint density at radius 2 is 2.27 bits per heavy atom. The number of hydrogen-bond donors (Lipinski definition) is 2. The lowest BCUT2D eigenvalue weighted by atomic mass is 9.95. The average molecular weight is 302 g/mol. The second kappa shape index (κ2) is 5.65. The minimum absolute atomic E-state index is 0.103. The average Bonchev–Trinajstić information content (AvgIpc) is 3.38. The molecular formula is C17H22N2O3. The highest BCUT2D eigenvalue weighted by atomic mass is 16.5. The Labute approximate surface area is 130 Å². The highest BCUT2D eigenvalue weighted by Crippen LogP contribution is 2.39. The SMILES string of the molecule is COc1cccc2c1OCC(C(=O)NC(C)(CN)C1CC1)=C2. The minimum atomic E-state index is -0.327. The highest BCUT2D eigenvalue weighted by Gasteiger charge is 2.42. The van der Waals surface area contributed by atoms with Crippen LogP contribution in [0, 0.1) is 5.92 Å². The molecule has 0 saturated heterocycles. The summed E-state index contributed by atoms with van der Waals surface area (Å²) >= 11 is 0. The Bertz CT molecular complexity index is 622. The predicted molar refractivity (Wildman–Crippen MR) is 84.8 cm³/mol. The molecule has 5 heteroatoms. The van der Waals surface area contributed by atoms with E-state index in [4.69, 9.17) is 15.2 Å². The Morgan fingerprint density at radius 3 is 2.91 bits per heavy atom. The molecule has 3 N–H and O–H groups in total. The van der Waals surface area contributed by atoms with Crippen LogP contribution in [0.15, 0.2) is 23.8 Å². The standard InChI is InChI=1S/C17H22N2O3/c1-17(10-18,13-6-7-13)19-16(20)12-8-11-4-3-5-14(21-2)15(11)22-9-12/h3-5,8,13H,6-7,9-10,18H2,1-2H3,(H,19,20). The molecule has 22 heavy (non-hydrogen) atoms. The van der Waals surface area contributed by atoms with Crippen molar-refractivity contribution in [1.82, 2.24) is 5.32 Å². The van der Waals surface area contributed by atoms with Gasteiger partial charge in [-0.2, -0.15) is 0 Å². The largest absolute Gasteiger partial charge is 0.493 e. The van der Waals surface area contributed by atoms with Crippen molar-refractivity contribution in [2.45, 2.75) is 25.3 Å². The second-order valence-electron chi connectivity index (χ2n) is 6.19. The summed E-state index contributed by atoms with van der Waals surface area (Å²) in [5.74, 6) is 1.75. The minimum Gasteiger partial charge on any atom is -0.493 e. The van der Waals surface area contributed by atoms with Crippen LogP contribution >= 0.6 is 0 Å². The second-order valence-corrected chi connectivity index (χ2v) is 6.19. The smallest absolute Gasteiger partial charge is 0.251 e. The number of methoxy groups -OCH3 is 1. The van der Waals surface area contributed by atoms with Crippen LogP contribution in [-0.2, 0) is 4.79 Å². The number of carbonyl (C=O) groups excluding carboxylic acids is 1. The third kappa shape index (κ3) is 2.68. The van der Waals surface area contributed by atoms with Gasteiger partial charge in [0.1, 0.15) is 6.61 Å². The molecule has 1 fully saturated rings. The maximum atomic E-state index is 12.5. The summed E-state index contributed by atoms with van der Waals surface area (Å²) in [5.41, 5.74) is 7.00. The molecular weight excluding hydrogens is 280 g/mol. The zero-order valence-corrected chi connectivity index (χ0v) is 13.0. The summed E-state index contributed by atoms with van der Waals surface area (Å²) < 4.78 is 11.0. The van der Waals surface area contributed by atoms with E-state index in [0.717, 1.165) is 18.4 Å². The van der Waals surface area contributed by atoms with Crippen molar-refractivity contribution in [3.8, 4) is 11.5 Å². The third-order valence-electron chi connectivity index (χ3n) is 4.52. The molecule has 1 heterocycles. The monoisotopic (exact) mass is 302 g/mol. The molecule has 3 rings (SSSR count). The van der Waals surface area contributed by atoms with Crippen LogP contribution < -0.4 is 20.5 Å². The van der Waals surface area contributed by atoms with E-state index in [0.29, 0.717) is 29.5 Å². The van der Waals surface area contributed by atoms with Gasteiger partial charge in [0.15, 0.2) is 11.5 Å². The van der Waals surface area contributed by atoms with E-state index in [-0.39, 0.29) is 18.1 Å². The third-order valence-corrected chi connectivity index (χ3v) is 4.52. The van der Waals surface area contributed by atoms with Crippen molar-refractivity contribution in [3.63, 3.8) is 0 Å². The molecule has 1 aliphatic carbocycles. The number of para-hydroxylation sites is 1. The summed E-state index contributed by atoms with van der Waals surface area (Å²) in [6.07, 6.45) is 4.12. The van der Waals surface area contributed by atoms with Crippen molar-refractivity contribution in [2.75, 3.05) is 20.3 Å². The van der Waals surface area contributed by atoms with Crippen LogP contribution in [0.25, 0.3) is 6.08 Å². The van der Waals surface area contributed by atoms with E-state index in [1.807, 2.05) is 31.2 Å². The number of fused-ring (bicyclic) bond motifs is 1. The number of carbonyl (C=O) groups is 1. The summed E-state index contributed by atoms with van der Waals surface area (Å²) in [6.45, 7) is 2.70. The van der Waals surface area contributed by atoms with Gasteiger partial charge in [0.05, 0.1) is 18.2 Å². The number of benzene rings is 1. The molecule has 2 aliphatic rings.